The molecular weight excluding hydrogens is 483 g/mol. The van der Waals surface area contributed by atoms with Crippen LogP contribution in [-0.2, 0) is 23.0 Å². The lowest BCUT2D eigenvalue weighted by Gasteiger charge is -2.29. The molecule has 144 valence electrons. The summed E-state index contributed by atoms with van der Waals surface area (Å²) in [5.74, 6) is 0. The van der Waals surface area contributed by atoms with Gasteiger partial charge in [0.15, 0.2) is 0 Å². The molecule has 0 fully saturated rings. The van der Waals surface area contributed by atoms with Crippen LogP contribution in [0.5, 0.6) is 0 Å². The monoisotopic (exact) mass is 504 g/mol. The summed E-state index contributed by atoms with van der Waals surface area (Å²) >= 11 is 2.23. The molecule has 1 aliphatic heterocycles. The Morgan fingerprint density at radius 3 is 2.43 bits per heavy atom. The minimum atomic E-state index is -3.53. The number of pyridine rings is 1. The second-order valence-corrected chi connectivity index (χ2v) is 10.3. The highest BCUT2D eigenvalue weighted by molar-refractivity contribution is 14.1. The average molecular weight is 504 g/mol. The van der Waals surface area contributed by atoms with Crippen molar-refractivity contribution in [2.24, 2.45) is 0 Å². The first kappa shape index (κ1) is 19.5. The molecule has 1 aliphatic rings. The maximum Gasteiger partial charge on any atom is 0.243 e. The molecule has 0 amide bonds. The fraction of sp³-hybridized carbons (Fsp3) is 0.227. The Morgan fingerprint density at radius 2 is 1.75 bits per heavy atom. The average Bonchev–Trinajstić information content (AvgIpc) is 2.66. The largest absolute Gasteiger partial charge is 0.264 e. The van der Waals surface area contributed by atoms with Crippen molar-refractivity contribution in [3.8, 4) is 11.1 Å². The maximum atomic E-state index is 13.4. The zero-order valence-corrected chi connectivity index (χ0v) is 18.8. The van der Waals surface area contributed by atoms with Crippen molar-refractivity contribution < 1.29 is 8.42 Å². The van der Waals surface area contributed by atoms with E-state index in [9.17, 15) is 8.42 Å². The van der Waals surface area contributed by atoms with E-state index in [1.807, 2.05) is 56.4 Å². The quantitative estimate of drug-likeness (QED) is 0.486. The van der Waals surface area contributed by atoms with Crippen LogP contribution in [0.4, 0.5) is 0 Å². The van der Waals surface area contributed by atoms with Crippen LogP contribution in [0, 0.1) is 17.4 Å². The number of hydrogen-bond acceptors (Lipinski definition) is 3. The van der Waals surface area contributed by atoms with E-state index in [1.165, 1.54) is 5.56 Å². The smallest absolute Gasteiger partial charge is 0.243 e. The molecule has 0 unspecified atom stereocenters. The molecule has 0 atom stereocenters. The molecule has 0 bridgehead atoms. The third-order valence-corrected chi connectivity index (χ3v) is 7.98. The molecule has 0 radical (unpaired) electrons. The van der Waals surface area contributed by atoms with Crippen molar-refractivity contribution in [2.75, 3.05) is 6.54 Å². The summed E-state index contributed by atoms with van der Waals surface area (Å²) in [5, 5.41) is 0. The molecule has 1 aromatic heterocycles. The molecule has 6 heteroatoms. The zero-order valence-electron chi connectivity index (χ0n) is 15.8. The van der Waals surface area contributed by atoms with Crippen molar-refractivity contribution in [2.45, 2.75) is 31.7 Å². The Hall–Kier alpha value is -1.77. The van der Waals surface area contributed by atoms with Crippen LogP contribution in [0.25, 0.3) is 11.1 Å². The van der Waals surface area contributed by atoms with Gasteiger partial charge in [0.1, 0.15) is 0 Å². The highest BCUT2D eigenvalue weighted by Crippen LogP contribution is 2.31. The minimum Gasteiger partial charge on any atom is -0.264 e. The molecule has 2 aromatic carbocycles. The fourth-order valence-corrected chi connectivity index (χ4v) is 6.64. The van der Waals surface area contributed by atoms with Gasteiger partial charge >= 0.3 is 0 Å². The molecule has 2 heterocycles. The van der Waals surface area contributed by atoms with Gasteiger partial charge in [0, 0.05) is 29.1 Å². The second kappa shape index (κ2) is 7.57. The number of hydrogen-bond donors (Lipinski definition) is 0. The van der Waals surface area contributed by atoms with Crippen molar-refractivity contribution in [1.82, 2.24) is 9.29 Å². The van der Waals surface area contributed by atoms with Crippen molar-refractivity contribution >= 4 is 32.6 Å². The fourth-order valence-electron chi connectivity index (χ4n) is 3.88. The van der Waals surface area contributed by atoms with E-state index in [-0.39, 0.29) is 0 Å². The molecular formula is C22H21IN2O2S. The third kappa shape index (κ3) is 3.60. The normalized spacial score (nSPS) is 14.7. The molecule has 0 N–H and O–H groups in total. The van der Waals surface area contributed by atoms with Crippen molar-refractivity contribution in [1.29, 1.82) is 0 Å². The topological polar surface area (TPSA) is 50.3 Å². The van der Waals surface area contributed by atoms with E-state index in [4.69, 9.17) is 0 Å². The lowest BCUT2D eigenvalue weighted by molar-refractivity contribution is 0.391. The number of halogens is 1. The van der Waals surface area contributed by atoms with Gasteiger partial charge < -0.3 is 0 Å². The van der Waals surface area contributed by atoms with Gasteiger partial charge in [0.05, 0.1) is 4.90 Å². The number of aromatic nitrogens is 1. The van der Waals surface area contributed by atoms with Gasteiger partial charge in [-0.25, -0.2) is 8.42 Å². The highest BCUT2D eigenvalue weighted by atomic mass is 127. The summed E-state index contributed by atoms with van der Waals surface area (Å²) in [7, 11) is -3.53. The Morgan fingerprint density at radius 1 is 1.00 bits per heavy atom. The SMILES string of the molecule is Cc1cc(I)cc(C)c1S(=O)(=O)N1CCc2cc(-c3cccnc3)ccc2C1. The Balaban J connectivity index is 1.66. The summed E-state index contributed by atoms with van der Waals surface area (Å²) in [6.45, 7) is 4.66. The van der Waals surface area contributed by atoms with Gasteiger partial charge in [-0.3, -0.25) is 4.98 Å². The third-order valence-electron chi connectivity index (χ3n) is 5.20. The molecule has 28 heavy (non-hydrogen) atoms. The highest BCUT2D eigenvalue weighted by Gasteiger charge is 2.31. The van der Waals surface area contributed by atoms with E-state index in [1.54, 1.807) is 10.5 Å². The van der Waals surface area contributed by atoms with E-state index < -0.39 is 10.0 Å². The summed E-state index contributed by atoms with van der Waals surface area (Å²) in [6.07, 6.45) is 4.33. The lowest BCUT2D eigenvalue weighted by Crippen LogP contribution is -2.36. The zero-order chi connectivity index (χ0) is 19.9. The minimum absolute atomic E-state index is 0.413. The molecule has 4 nitrogen and oxygen atoms in total. The van der Waals surface area contributed by atoms with Gasteiger partial charge in [0.25, 0.3) is 0 Å². The number of sulfonamides is 1. The van der Waals surface area contributed by atoms with E-state index >= 15 is 0 Å². The number of fused-ring (bicyclic) bond motifs is 1. The standard InChI is InChI=1S/C22H21IN2O2S/c1-15-10-21(23)11-16(2)22(15)28(26,27)25-9-7-18-12-17(5-6-20(18)14-25)19-4-3-8-24-13-19/h3-6,8,10-13H,7,9,14H2,1-2H3. The molecule has 3 aromatic rings. The Labute approximate surface area is 179 Å². The molecule has 0 aliphatic carbocycles. The van der Waals surface area contributed by atoms with E-state index in [0.29, 0.717) is 24.4 Å². The van der Waals surface area contributed by atoms with Gasteiger partial charge in [-0.05, 0) is 94.4 Å². The summed E-state index contributed by atoms with van der Waals surface area (Å²) in [5.41, 5.74) is 6.09. The molecule has 0 spiro atoms. The van der Waals surface area contributed by atoms with Crippen LogP contribution in [0.3, 0.4) is 0 Å². The first-order chi connectivity index (χ1) is 13.4. The number of rotatable bonds is 3. The predicted molar refractivity (Wildman–Crippen MR) is 120 cm³/mol. The van der Waals surface area contributed by atoms with Crippen LogP contribution in [0.1, 0.15) is 22.3 Å². The van der Waals surface area contributed by atoms with Crippen LogP contribution >= 0.6 is 22.6 Å². The van der Waals surface area contributed by atoms with Gasteiger partial charge in [-0.15, -0.1) is 0 Å². The summed E-state index contributed by atoms with van der Waals surface area (Å²) in [4.78, 5) is 4.63. The Bertz CT molecular complexity index is 1120. The first-order valence-electron chi connectivity index (χ1n) is 9.15. The van der Waals surface area contributed by atoms with Gasteiger partial charge in [-0.2, -0.15) is 4.31 Å². The lowest BCUT2D eigenvalue weighted by atomic mass is 9.96. The van der Waals surface area contributed by atoms with Crippen molar-refractivity contribution in [3.63, 3.8) is 0 Å². The summed E-state index contributed by atoms with van der Waals surface area (Å²) < 4.78 is 29.4. The number of benzene rings is 2. The first-order valence-corrected chi connectivity index (χ1v) is 11.7. The maximum absolute atomic E-state index is 13.4. The molecule has 4 rings (SSSR count). The molecule has 0 saturated carbocycles. The van der Waals surface area contributed by atoms with Crippen molar-refractivity contribution in [3.05, 3.63) is 80.7 Å². The van der Waals surface area contributed by atoms with Crippen LogP contribution in [0.15, 0.2) is 59.8 Å². The predicted octanol–water partition coefficient (Wildman–Crippen LogP) is 4.72. The number of aryl methyl sites for hydroxylation is 2. The molecule has 0 saturated heterocycles. The second-order valence-electron chi connectivity index (χ2n) is 7.18. The van der Waals surface area contributed by atoms with E-state index in [2.05, 4.69) is 33.6 Å². The van der Waals surface area contributed by atoms with Crippen LogP contribution in [-0.4, -0.2) is 24.3 Å². The number of nitrogens with zero attached hydrogens (tertiary/aromatic N) is 2. The van der Waals surface area contributed by atoms with Gasteiger partial charge in [0.2, 0.25) is 10.0 Å². The van der Waals surface area contributed by atoms with Gasteiger partial charge in [-0.1, -0.05) is 24.3 Å². The van der Waals surface area contributed by atoms with E-state index in [0.717, 1.165) is 31.4 Å². The van der Waals surface area contributed by atoms with Crippen LogP contribution in [0.2, 0.25) is 0 Å². The summed E-state index contributed by atoms with van der Waals surface area (Å²) in [6, 6.07) is 14.1. The van der Waals surface area contributed by atoms with Crippen LogP contribution < -0.4 is 0 Å². The Kier molecular flexibility index (Phi) is 5.28.